The molecule has 3 aromatic rings. The van der Waals surface area contributed by atoms with Gasteiger partial charge in [0.15, 0.2) is 0 Å². The van der Waals surface area contributed by atoms with Crippen LogP contribution in [-0.2, 0) is 13.0 Å². The second kappa shape index (κ2) is 8.78. The van der Waals surface area contributed by atoms with Gasteiger partial charge in [0.2, 0.25) is 0 Å². The summed E-state index contributed by atoms with van der Waals surface area (Å²) >= 11 is 0. The highest BCUT2D eigenvalue weighted by atomic mass is 16.6. The lowest BCUT2D eigenvalue weighted by Gasteiger charge is -2.36. The molecule has 0 saturated heterocycles. The number of nitrogens with one attached hydrogen (secondary N) is 1. The van der Waals surface area contributed by atoms with E-state index < -0.39 is 4.92 Å². The van der Waals surface area contributed by atoms with Crippen molar-refractivity contribution in [3.05, 3.63) is 106 Å². The van der Waals surface area contributed by atoms with E-state index in [1.165, 1.54) is 23.3 Å². The lowest BCUT2D eigenvalue weighted by atomic mass is 9.86. The largest absolute Gasteiger partial charge is 0.322 e. The van der Waals surface area contributed by atoms with Gasteiger partial charge in [0.25, 0.3) is 5.69 Å². The molecule has 30 heavy (non-hydrogen) atoms. The summed E-state index contributed by atoms with van der Waals surface area (Å²) in [5, 5.41) is 14.0. The Morgan fingerprint density at radius 1 is 1.00 bits per heavy atom. The molecule has 0 radical (unpaired) electrons. The van der Waals surface area contributed by atoms with E-state index in [-0.39, 0.29) is 17.8 Å². The number of nitro groups is 1. The Morgan fingerprint density at radius 2 is 1.70 bits per heavy atom. The van der Waals surface area contributed by atoms with Gasteiger partial charge in [-0.15, -0.1) is 0 Å². The number of hydrogen-bond donors (Lipinski definition) is 1. The van der Waals surface area contributed by atoms with E-state index in [1.807, 2.05) is 47.4 Å². The van der Waals surface area contributed by atoms with Gasteiger partial charge in [0, 0.05) is 24.4 Å². The van der Waals surface area contributed by atoms with Gasteiger partial charge in [-0.3, -0.25) is 10.1 Å². The molecule has 1 aliphatic rings. The van der Waals surface area contributed by atoms with Gasteiger partial charge in [-0.1, -0.05) is 54.6 Å². The van der Waals surface area contributed by atoms with E-state index in [2.05, 4.69) is 17.4 Å². The Hall–Kier alpha value is -3.67. The lowest BCUT2D eigenvalue weighted by Crippen LogP contribution is -2.39. The third kappa shape index (κ3) is 4.33. The Labute approximate surface area is 175 Å². The molecule has 0 aromatic heterocycles. The minimum Gasteiger partial charge on any atom is -0.313 e. The molecule has 3 aromatic carbocycles. The second-order valence-corrected chi connectivity index (χ2v) is 7.45. The molecule has 0 fully saturated rings. The van der Waals surface area contributed by atoms with Crippen molar-refractivity contribution in [2.75, 3.05) is 5.32 Å². The van der Waals surface area contributed by atoms with Crippen LogP contribution in [0.25, 0.3) is 0 Å². The number of anilines is 1. The lowest BCUT2D eigenvalue weighted by molar-refractivity contribution is -0.384. The van der Waals surface area contributed by atoms with Gasteiger partial charge >= 0.3 is 6.03 Å². The number of benzene rings is 3. The number of hydrogen-bond acceptors (Lipinski definition) is 3. The van der Waals surface area contributed by atoms with Gasteiger partial charge in [0.1, 0.15) is 0 Å². The zero-order valence-corrected chi connectivity index (χ0v) is 16.5. The molecular formula is C24H23N3O3. The van der Waals surface area contributed by atoms with E-state index in [9.17, 15) is 14.9 Å². The highest BCUT2D eigenvalue weighted by Gasteiger charge is 2.29. The molecule has 1 aliphatic carbocycles. The van der Waals surface area contributed by atoms with Crippen molar-refractivity contribution in [3.8, 4) is 0 Å². The Bertz CT molecular complexity index is 1040. The zero-order valence-electron chi connectivity index (χ0n) is 16.5. The summed E-state index contributed by atoms with van der Waals surface area (Å²) in [7, 11) is 0. The van der Waals surface area contributed by atoms with Gasteiger partial charge in [-0.25, -0.2) is 4.79 Å². The number of non-ortho nitro benzene ring substituents is 1. The molecule has 4 rings (SSSR count). The summed E-state index contributed by atoms with van der Waals surface area (Å²) in [5.41, 5.74) is 4.08. The number of carbonyl (C=O) groups excluding carboxylic acids is 1. The first kappa shape index (κ1) is 19.6. The van der Waals surface area contributed by atoms with E-state index in [0.717, 1.165) is 30.5 Å². The molecule has 0 saturated carbocycles. The SMILES string of the molecule is O=C(Nc1ccccc1)N(Cc1ccc([N+](=O)[O-])cc1)C1CCCc2ccccc21. The molecule has 1 N–H and O–H groups in total. The predicted octanol–water partition coefficient (Wildman–Crippen LogP) is 5.71. The second-order valence-electron chi connectivity index (χ2n) is 7.45. The van der Waals surface area contributed by atoms with Crippen molar-refractivity contribution in [1.29, 1.82) is 0 Å². The molecule has 152 valence electrons. The summed E-state index contributed by atoms with van der Waals surface area (Å²) in [5.74, 6) is 0. The molecule has 0 spiro atoms. The Kier molecular flexibility index (Phi) is 5.75. The summed E-state index contributed by atoms with van der Waals surface area (Å²) in [6.07, 6.45) is 2.90. The van der Waals surface area contributed by atoms with Crippen molar-refractivity contribution in [3.63, 3.8) is 0 Å². The fourth-order valence-electron chi connectivity index (χ4n) is 4.01. The highest BCUT2D eigenvalue weighted by molar-refractivity contribution is 5.89. The highest BCUT2D eigenvalue weighted by Crippen LogP contribution is 2.35. The summed E-state index contributed by atoms with van der Waals surface area (Å²) < 4.78 is 0. The van der Waals surface area contributed by atoms with Crippen molar-refractivity contribution in [2.45, 2.75) is 31.8 Å². The Balaban J connectivity index is 1.64. The number of nitrogens with zero attached hydrogens (tertiary/aromatic N) is 2. The molecule has 0 heterocycles. The van der Waals surface area contributed by atoms with Crippen LogP contribution in [0.2, 0.25) is 0 Å². The fraction of sp³-hybridized carbons (Fsp3) is 0.208. The summed E-state index contributed by atoms with van der Waals surface area (Å²) in [6.45, 7) is 0.371. The average Bonchev–Trinajstić information content (AvgIpc) is 2.78. The first-order valence-corrected chi connectivity index (χ1v) is 10.1. The van der Waals surface area contributed by atoms with E-state index in [0.29, 0.717) is 6.54 Å². The number of para-hydroxylation sites is 1. The first-order valence-electron chi connectivity index (χ1n) is 10.1. The normalized spacial score (nSPS) is 15.1. The maximum Gasteiger partial charge on any atom is 0.322 e. The van der Waals surface area contributed by atoms with Crippen LogP contribution < -0.4 is 5.32 Å². The first-order chi connectivity index (χ1) is 14.6. The van der Waals surface area contributed by atoms with Crippen LogP contribution in [-0.4, -0.2) is 15.9 Å². The maximum atomic E-state index is 13.3. The van der Waals surface area contributed by atoms with Crippen LogP contribution in [0.15, 0.2) is 78.9 Å². The third-order valence-corrected chi connectivity index (χ3v) is 5.50. The molecule has 1 atom stereocenters. The topological polar surface area (TPSA) is 75.5 Å². The van der Waals surface area contributed by atoms with Crippen molar-refractivity contribution >= 4 is 17.4 Å². The average molecular weight is 401 g/mol. The van der Waals surface area contributed by atoms with Crippen LogP contribution in [0, 0.1) is 10.1 Å². The fourth-order valence-corrected chi connectivity index (χ4v) is 4.01. The monoisotopic (exact) mass is 401 g/mol. The summed E-state index contributed by atoms with van der Waals surface area (Å²) in [4.78, 5) is 25.7. The number of urea groups is 1. The molecule has 0 bridgehead atoms. The van der Waals surface area contributed by atoms with E-state index >= 15 is 0 Å². The number of nitro benzene ring substituents is 1. The third-order valence-electron chi connectivity index (χ3n) is 5.50. The molecule has 1 unspecified atom stereocenters. The number of fused-ring (bicyclic) bond motifs is 1. The van der Waals surface area contributed by atoms with Crippen LogP contribution in [0.3, 0.4) is 0 Å². The van der Waals surface area contributed by atoms with Crippen molar-refractivity contribution < 1.29 is 9.72 Å². The van der Waals surface area contributed by atoms with Gasteiger partial charge in [0.05, 0.1) is 11.0 Å². The van der Waals surface area contributed by atoms with Crippen LogP contribution in [0.1, 0.15) is 35.6 Å². The number of carbonyl (C=O) groups is 1. The molecule has 6 nitrogen and oxygen atoms in total. The van der Waals surface area contributed by atoms with Crippen LogP contribution >= 0.6 is 0 Å². The summed E-state index contributed by atoms with van der Waals surface area (Å²) in [6, 6.07) is 23.8. The standard InChI is InChI=1S/C24H23N3O3/c28-24(25-20-9-2-1-3-10-20)26(17-18-13-15-21(16-14-18)27(29)30)23-12-6-8-19-7-4-5-11-22(19)23/h1-5,7,9-11,13-16,23H,6,8,12,17H2,(H,25,28). The number of amides is 2. The minimum atomic E-state index is -0.416. The minimum absolute atomic E-state index is 0.0436. The van der Waals surface area contributed by atoms with Gasteiger partial charge < -0.3 is 10.2 Å². The zero-order chi connectivity index (χ0) is 20.9. The number of aryl methyl sites for hydroxylation is 1. The van der Waals surface area contributed by atoms with E-state index in [4.69, 9.17) is 0 Å². The Morgan fingerprint density at radius 3 is 2.43 bits per heavy atom. The molecule has 6 heteroatoms. The van der Waals surface area contributed by atoms with Crippen molar-refractivity contribution in [2.24, 2.45) is 0 Å². The van der Waals surface area contributed by atoms with Crippen LogP contribution in [0.4, 0.5) is 16.2 Å². The number of rotatable bonds is 5. The van der Waals surface area contributed by atoms with Gasteiger partial charge in [-0.2, -0.15) is 0 Å². The maximum absolute atomic E-state index is 13.3. The smallest absolute Gasteiger partial charge is 0.313 e. The van der Waals surface area contributed by atoms with Gasteiger partial charge in [-0.05, 0) is 48.1 Å². The quantitative estimate of drug-likeness (QED) is 0.440. The molecule has 2 amide bonds. The van der Waals surface area contributed by atoms with Crippen molar-refractivity contribution in [1.82, 2.24) is 4.90 Å². The van der Waals surface area contributed by atoms with Crippen LogP contribution in [0.5, 0.6) is 0 Å². The van der Waals surface area contributed by atoms with E-state index in [1.54, 1.807) is 12.1 Å². The predicted molar refractivity (Wildman–Crippen MR) is 116 cm³/mol. The molecule has 0 aliphatic heterocycles. The molecular weight excluding hydrogens is 378 g/mol.